The molecule has 1 aliphatic heterocycles. The van der Waals surface area contributed by atoms with Gasteiger partial charge in [-0.3, -0.25) is 4.90 Å². The molecule has 1 heterocycles. The first-order chi connectivity index (χ1) is 13.9. The number of sulfonamides is 1. The van der Waals surface area contributed by atoms with Crippen molar-refractivity contribution in [1.29, 1.82) is 0 Å². The number of nitrogens with one attached hydrogen (secondary N) is 1. The lowest BCUT2D eigenvalue weighted by Crippen LogP contribution is -2.48. The normalized spacial score (nSPS) is 15.3. The van der Waals surface area contributed by atoms with E-state index < -0.39 is 10.0 Å². The van der Waals surface area contributed by atoms with Crippen LogP contribution in [0.2, 0.25) is 0 Å². The molecule has 0 unspecified atom stereocenters. The van der Waals surface area contributed by atoms with Crippen LogP contribution < -0.4 is 19.1 Å². The summed E-state index contributed by atoms with van der Waals surface area (Å²) in [6.07, 6.45) is 0. The van der Waals surface area contributed by atoms with Gasteiger partial charge in [-0.05, 0) is 36.4 Å². The average molecular weight is 424 g/mol. The molecule has 0 spiro atoms. The Morgan fingerprint density at radius 1 is 1.00 bits per heavy atom. The zero-order valence-electron chi connectivity index (χ0n) is 16.6. The number of ether oxygens (including phenoxy) is 2. The summed E-state index contributed by atoms with van der Waals surface area (Å²) >= 11 is 0. The third-order valence-corrected chi connectivity index (χ3v) is 6.43. The van der Waals surface area contributed by atoms with Gasteiger partial charge in [0, 0.05) is 51.0 Å². The number of hydrogen-bond donors (Lipinski definition) is 1. The molecule has 9 heteroatoms. The minimum atomic E-state index is -3.72. The molecule has 0 aliphatic carbocycles. The van der Waals surface area contributed by atoms with Crippen LogP contribution in [-0.4, -0.2) is 66.8 Å². The Balaban J connectivity index is 1.52. The molecule has 1 N–H and O–H groups in total. The Morgan fingerprint density at radius 2 is 1.69 bits per heavy atom. The van der Waals surface area contributed by atoms with Crippen molar-refractivity contribution in [3.63, 3.8) is 0 Å². The van der Waals surface area contributed by atoms with Crippen LogP contribution >= 0.6 is 0 Å². The number of methoxy groups -OCH3 is 2. The molecule has 0 saturated carbocycles. The van der Waals surface area contributed by atoms with Crippen LogP contribution in [0, 0.1) is 5.82 Å². The van der Waals surface area contributed by atoms with Crippen LogP contribution in [0.1, 0.15) is 0 Å². The van der Waals surface area contributed by atoms with Crippen LogP contribution in [0.15, 0.2) is 47.4 Å². The zero-order valence-corrected chi connectivity index (χ0v) is 17.4. The predicted octanol–water partition coefficient (Wildman–Crippen LogP) is 1.94. The third-order valence-electron chi connectivity index (χ3n) is 4.94. The smallest absolute Gasteiger partial charge is 0.244 e. The lowest BCUT2D eigenvalue weighted by atomic mass is 10.2. The summed E-state index contributed by atoms with van der Waals surface area (Å²) in [5, 5.41) is 0. The lowest BCUT2D eigenvalue weighted by Gasteiger charge is -2.36. The summed E-state index contributed by atoms with van der Waals surface area (Å²) in [5.41, 5.74) is 0.997. The highest BCUT2D eigenvalue weighted by Crippen LogP contribution is 2.27. The van der Waals surface area contributed by atoms with Crippen molar-refractivity contribution in [1.82, 2.24) is 9.62 Å². The number of benzene rings is 2. The molecule has 0 aromatic heterocycles. The van der Waals surface area contributed by atoms with Gasteiger partial charge in [0.25, 0.3) is 0 Å². The van der Waals surface area contributed by atoms with Gasteiger partial charge in [0.2, 0.25) is 10.0 Å². The van der Waals surface area contributed by atoms with Crippen LogP contribution in [0.25, 0.3) is 0 Å². The molecular weight excluding hydrogens is 397 g/mol. The lowest BCUT2D eigenvalue weighted by molar-refractivity contribution is 0.262. The van der Waals surface area contributed by atoms with Gasteiger partial charge in [-0.2, -0.15) is 0 Å². The Kier molecular flexibility index (Phi) is 6.94. The van der Waals surface area contributed by atoms with Crippen molar-refractivity contribution in [2.24, 2.45) is 0 Å². The first-order valence-corrected chi connectivity index (χ1v) is 10.9. The molecule has 7 nitrogen and oxygen atoms in total. The van der Waals surface area contributed by atoms with Gasteiger partial charge in [-0.1, -0.05) is 0 Å². The molecule has 29 heavy (non-hydrogen) atoms. The molecule has 2 aromatic rings. The van der Waals surface area contributed by atoms with Crippen LogP contribution in [0.4, 0.5) is 10.1 Å². The minimum absolute atomic E-state index is 0.0560. The SMILES string of the molecule is COc1ccc(OC)c(S(=O)(=O)NCCN2CCN(c3ccc(F)cc3)CC2)c1. The largest absolute Gasteiger partial charge is 0.497 e. The van der Waals surface area contributed by atoms with E-state index in [1.165, 1.54) is 32.4 Å². The monoisotopic (exact) mass is 423 g/mol. The zero-order chi connectivity index (χ0) is 20.9. The predicted molar refractivity (Wildman–Crippen MR) is 110 cm³/mol. The van der Waals surface area contributed by atoms with E-state index in [0.29, 0.717) is 18.8 Å². The maximum Gasteiger partial charge on any atom is 0.244 e. The second-order valence-electron chi connectivity index (χ2n) is 6.72. The number of rotatable bonds is 8. The first kappa shape index (κ1) is 21.4. The number of hydrogen-bond acceptors (Lipinski definition) is 6. The fourth-order valence-electron chi connectivity index (χ4n) is 3.29. The second kappa shape index (κ2) is 9.43. The minimum Gasteiger partial charge on any atom is -0.497 e. The highest BCUT2D eigenvalue weighted by atomic mass is 32.2. The van der Waals surface area contributed by atoms with Crippen molar-refractivity contribution in [2.75, 3.05) is 58.4 Å². The van der Waals surface area contributed by atoms with E-state index >= 15 is 0 Å². The van der Waals surface area contributed by atoms with Gasteiger partial charge in [0.05, 0.1) is 14.2 Å². The Hall–Kier alpha value is -2.36. The molecular formula is C20H26FN3O4S. The molecule has 1 saturated heterocycles. The maximum atomic E-state index is 13.1. The summed E-state index contributed by atoms with van der Waals surface area (Å²) in [7, 11) is -0.807. The van der Waals surface area contributed by atoms with Gasteiger partial charge < -0.3 is 14.4 Å². The summed E-state index contributed by atoms with van der Waals surface area (Å²) in [4.78, 5) is 4.45. The average Bonchev–Trinajstić information content (AvgIpc) is 2.74. The summed E-state index contributed by atoms with van der Waals surface area (Å²) < 4.78 is 51.4. The Bertz CT molecular complexity index is 914. The highest BCUT2D eigenvalue weighted by molar-refractivity contribution is 7.89. The number of nitrogens with zero attached hydrogens (tertiary/aromatic N) is 2. The van der Waals surface area contributed by atoms with Crippen LogP contribution in [0.5, 0.6) is 11.5 Å². The van der Waals surface area contributed by atoms with E-state index in [9.17, 15) is 12.8 Å². The van der Waals surface area contributed by atoms with Crippen LogP contribution in [0.3, 0.4) is 0 Å². The number of anilines is 1. The molecule has 1 aliphatic rings. The molecule has 158 valence electrons. The van der Waals surface area contributed by atoms with Crippen molar-refractivity contribution >= 4 is 15.7 Å². The van der Waals surface area contributed by atoms with Gasteiger partial charge in [-0.15, -0.1) is 0 Å². The van der Waals surface area contributed by atoms with E-state index in [2.05, 4.69) is 14.5 Å². The van der Waals surface area contributed by atoms with Crippen molar-refractivity contribution in [2.45, 2.75) is 4.90 Å². The van der Waals surface area contributed by atoms with E-state index in [4.69, 9.17) is 9.47 Å². The Morgan fingerprint density at radius 3 is 2.31 bits per heavy atom. The maximum absolute atomic E-state index is 13.1. The van der Waals surface area contributed by atoms with E-state index in [1.54, 1.807) is 24.3 Å². The van der Waals surface area contributed by atoms with Crippen molar-refractivity contribution < 1.29 is 22.3 Å². The van der Waals surface area contributed by atoms with Crippen LogP contribution in [-0.2, 0) is 10.0 Å². The van der Waals surface area contributed by atoms with Crippen molar-refractivity contribution in [3.05, 3.63) is 48.3 Å². The van der Waals surface area contributed by atoms with Gasteiger partial charge in [0.15, 0.2) is 0 Å². The molecule has 0 radical (unpaired) electrons. The number of piperazine rings is 1. The summed E-state index contributed by atoms with van der Waals surface area (Å²) in [6.45, 7) is 4.12. The van der Waals surface area contributed by atoms with Crippen molar-refractivity contribution in [3.8, 4) is 11.5 Å². The molecule has 0 atom stereocenters. The van der Waals surface area contributed by atoms with E-state index in [0.717, 1.165) is 31.9 Å². The molecule has 1 fully saturated rings. The summed E-state index contributed by atoms with van der Waals surface area (Å²) in [5.74, 6) is 0.474. The standard InChI is InChI=1S/C20H26FN3O4S/c1-27-18-7-8-19(28-2)20(15-18)29(25,26)22-9-10-23-11-13-24(14-12-23)17-5-3-16(21)4-6-17/h3-8,15,22H,9-14H2,1-2H3. The topological polar surface area (TPSA) is 71.1 Å². The molecule has 3 rings (SSSR count). The second-order valence-corrected chi connectivity index (χ2v) is 8.46. The molecule has 0 amide bonds. The first-order valence-electron chi connectivity index (χ1n) is 9.37. The van der Waals surface area contributed by atoms with E-state index in [1.807, 2.05) is 0 Å². The van der Waals surface area contributed by atoms with Gasteiger partial charge >= 0.3 is 0 Å². The fraction of sp³-hybridized carbons (Fsp3) is 0.400. The molecule has 2 aromatic carbocycles. The fourth-order valence-corrected chi connectivity index (χ4v) is 4.49. The summed E-state index contributed by atoms with van der Waals surface area (Å²) in [6, 6.07) is 11.1. The third kappa shape index (κ3) is 5.37. The molecule has 0 bridgehead atoms. The van der Waals surface area contributed by atoms with Gasteiger partial charge in [0.1, 0.15) is 22.2 Å². The van der Waals surface area contributed by atoms with Gasteiger partial charge in [-0.25, -0.2) is 17.5 Å². The number of halogens is 1. The highest BCUT2D eigenvalue weighted by Gasteiger charge is 2.22. The Labute approximate surface area is 171 Å². The van der Waals surface area contributed by atoms with E-state index in [-0.39, 0.29) is 16.5 Å². The quantitative estimate of drug-likeness (QED) is 0.700.